The quantitative estimate of drug-likeness (QED) is 0.615. The largest absolute Gasteiger partial charge is 0.366 e. The minimum atomic E-state index is -0.125. The first-order valence-corrected chi connectivity index (χ1v) is 8.98. The van der Waals surface area contributed by atoms with Gasteiger partial charge in [0, 0.05) is 28.7 Å². The maximum atomic E-state index is 6.07. The number of anilines is 2. The van der Waals surface area contributed by atoms with Crippen molar-refractivity contribution >= 4 is 23.4 Å². The first-order valence-electron chi connectivity index (χ1n) is 8.60. The number of nitrogens with zero attached hydrogens (tertiary/aromatic N) is 2. The van der Waals surface area contributed by atoms with Crippen LogP contribution in [0, 0.1) is 0 Å². The topological polar surface area (TPSA) is 49.8 Å². The third-order valence-corrected chi connectivity index (χ3v) is 3.88. The molecule has 0 saturated carbocycles. The lowest BCUT2D eigenvalue weighted by Gasteiger charge is -2.21. The van der Waals surface area contributed by atoms with Gasteiger partial charge in [0.25, 0.3) is 0 Å². The van der Waals surface area contributed by atoms with Crippen LogP contribution in [0.4, 0.5) is 11.8 Å². The van der Waals surface area contributed by atoms with Crippen LogP contribution in [-0.2, 0) is 6.54 Å². The first kappa shape index (κ1) is 18.2. The second-order valence-electron chi connectivity index (χ2n) is 7.19. The molecule has 26 heavy (non-hydrogen) atoms. The summed E-state index contributed by atoms with van der Waals surface area (Å²) in [5.74, 6) is 1.37. The van der Waals surface area contributed by atoms with E-state index in [1.807, 2.05) is 60.7 Å². The van der Waals surface area contributed by atoms with Crippen LogP contribution in [0.2, 0.25) is 5.02 Å². The van der Waals surface area contributed by atoms with Crippen LogP contribution in [0.1, 0.15) is 26.3 Å². The number of hydrogen-bond donors (Lipinski definition) is 2. The van der Waals surface area contributed by atoms with Crippen LogP contribution in [0.5, 0.6) is 0 Å². The third-order valence-electron chi connectivity index (χ3n) is 3.65. The van der Waals surface area contributed by atoms with Gasteiger partial charge in [-0.05, 0) is 38.5 Å². The smallest absolute Gasteiger partial charge is 0.225 e. The minimum absolute atomic E-state index is 0.125. The average molecular weight is 367 g/mol. The molecule has 1 aromatic heterocycles. The lowest BCUT2D eigenvalue weighted by molar-refractivity contribution is 0.626. The maximum absolute atomic E-state index is 6.07. The van der Waals surface area contributed by atoms with Gasteiger partial charge in [-0.25, -0.2) is 4.98 Å². The molecule has 0 aliphatic carbocycles. The van der Waals surface area contributed by atoms with E-state index < -0.39 is 0 Å². The van der Waals surface area contributed by atoms with E-state index in [0.29, 0.717) is 12.5 Å². The van der Waals surface area contributed by atoms with Crippen LogP contribution < -0.4 is 10.6 Å². The number of aromatic nitrogens is 2. The van der Waals surface area contributed by atoms with E-state index in [0.717, 1.165) is 27.7 Å². The normalized spacial score (nSPS) is 11.2. The number of nitrogens with one attached hydrogen (secondary N) is 2. The van der Waals surface area contributed by atoms with Gasteiger partial charge in [0.15, 0.2) is 0 Å². The Hall–Kier alpha value is -2.59. The van der Waals surface area contributed by atoms with Crippen molar-refractivity contribution in [2.75, 3.05) is 10.6 Å². The molecular formula is C21H23ClN4. The monoisotopic (exact) mass is 366 g/mol. The van der Waals surface area contributed by atoms with Gasteiger partial charge in [0.1, 0.15) is 5.82 Å². The number of hydrogen-bond acceptors (Lipinski definition) is 4. The maximum Gasteiger partial charge on any atom is 0.225 e. The fourth-order valence-corrected chi connectivity index (χ4v) is 2.74. The van der Waals surface area contributed by atoms with Gasteiger partial charge in [-0.1, -0.05) is 54.1 Å². The second-order valence-corrected chi connectivity index (χ2v) is 7.62. The SMILES string of the molecule is CC(C)(C)Nc1nc(NCc2cccc(Cl)c2)cc(-c2ccccc2)n1. The van der Waals surface area contributed by atoms with Crippen molar-refractivity contribution in [3.05, 3.63) is 71.2 Å². The van der Waals surface area contributed by atoms with E-state index in [-0.39, 0.29) is 5.54 Å². The van der Waals surface area contributed by atoms with E-state index in [1.165, 1.54) is 0 Å². The summed E-state index contributed by atoms with van der Waals surface area (Å²) in [6.07, 6.45) is 0. The Morgan fingerprint density at radius 2 is 1.69 bits per heavy atom. The van der Waals surface area contributed by atoms with Crippen molar-refractivity contribution in [2.24, 2.45) is 0 Å². The number of halogens is 1. The summed E-state index contributed by atoms with van der Waals surface area (Å²) < 4.78 is 0. The molecule has 0 unspecified atom stereocenters. The molecule has 0 fully saturated rings. The summed E-state index contributed by atoms with van der Waals surface area (Å²) in [6, 6.07) is 19.9. The molecule has 1 heterocycles. The number of rotatable bonds is 5. The molecule has 4 nitrogen and oxygen atoms in total. The third kappa shape index (κ3) is 5.20. The van der Waals surface area contributed by atoms with E-state index in [4.69, 9.17) is 11.6 Å². The van der Waals surface area contributed by atoms with E-state index in [1.54, 1.807) is 0 Å². The van der Waals surface area contributed by atoms with E-state index >= 15 is 0 Å². The van der Waals surface area contributed by atoms with Gasteiger partial charge in [0.05, 0.1) is 5.69 Å². The fourth-order valence-electron chi connectivity index (χ4n) is 2.53. The molecule has 0 bridgehead atoms. The van der Waals surface area contributed by atoms with Crippen LogP contribution in [0.3, 0.4) is 0 Å². The molecule has 2 aromatic carbocycles. The minimum Gasteiger partial charge on any atom is -0.366 e. The Bertz CT molecular complexity index is 873. The average Bonchev–Trinajstić information content (AvgIpc) is 2.59. The van der Waals surface area contributed by atoms with Crippen molar-refractivity contribution < 1.29 is 0 Å². The highest BCUT2D eigenvalue weighted by Crippen LogP contribution is 2.23. The van der Waals surface area contributed by atoms with Crippen molar-refractivity contribution in [1.29, 1.82) is 0 Å². The highest BCUT2D eigenvalue weighted by atomic mass is 35.5. The van der Waals surface area contributed by atoms with Gasteiger partial charge in [-0.15, -0.1) is 0 Å². The molecule has 5 heteroatoms. The molecule has 0 atom stereocenters. The second kappa shape index (κ2) is 7.75. The zero-order chi connectivity index (χ0) is 18.6. The van der Waals surface area contributed by atoms with Crippen molar-refractivity contribution in [3.63, 3.8) is 0 Å². The van der Waals surface area contributed by atoms with Gasteiger partial charge in [0.2, 0.25) is 5.95 Å². The lowest BCUT2D eigenvalue weighted by atomic mass is 10.1. The van der Waals surface area contributed by atoms with Gasteiger partial charge < -0.3 is 10.6 Å². The summed E-state index contributed by atoms with van der Waals surface area (Å²) in [7, 11) is 0. The Morgan fingerprint density at radius 1 is 0.923 bits per heavy atom. The van der Waals surface area contributed by atoms with E-state index in [9.17, 15) is 0 Å². The molecule has 134 valence electrons. The highest BCUT2D eigenvalue weighted by Gasteiger charge is 2.13. The van der Waals surface area contributed by atoms with Gasteiger partial charge in [-0.2, -0.15) is 4.98 Å². The summed E-state index contributed by atoms with van der Waals surface area (Å²) >= 11 is 6.07. The molecule has 0 radical (unpaired) electrons. The zero-order valence-electron chi connectivity index (χ0n) is 15.3. The molecule has 0 aliphatic heterocycles. The van der Waals surface area contributed by atoms with Crippen LogP contribution >= 0.6 is 11.6 Å². The van der Waals surface area contributed by atoms with Crippen molar-refractivity contribution in [2.45, 2.75) is 32.9 Å². The van der Waals surface area contributed by atoms with Crippen molar-refractivity contribution in [3.8, 4) is 11.3 Å². The summed E-state index contributed by atoms with van der Waals surface area (Å²) in [5, 5.41) is 7.46. The highest BCUT2D eigenvalue weighted by molar-refractivity contribution is 6.30. The van der Waals surface area contributed by atoms with Crippen LogP contribution in [0.15, 0.2) is 60.7 Å². The van der Waals surface area contributed by atoms with Crippen molar-refractivity contribution in [1.82, 2.24) is 9.97 Å². The zero-order valence-corrected chi connectivity index (χ0v) is 16.0. The van der Waals surface area contributed by atoms with Gasteiger partial charge in [-0.3, -0.25) is 0 Å². The molecule has 0 aliphatic rings. The van der Waals surface area contributed by atoms with E-state index in [2.05, 4.69) is 41.4 Å². The molecule has 0 saturated heterocycles. The Morgan fingerprint density at radius 3 is 2.38 bits per heavy atom. The standard InChI is InChI=1S/C21H23ClN4/c1-21(2,3)26-20-24-18(16-9-5-4-6-10-16)13-19(25-20)23-14-15-8-7-11-17(22)12-15/h4-13H,14H2,1-3H3,(H2,23,24,25,26). The Labute approximate surface area is 159 Å². The lowest BCUT2D eigenvalue weighted by Crippen LogP contribution is -2.27. The summed E-state index contributed by atoms with van der Waals surface area (Å²) in [5.41, 5.74) is 2.90. The molecule has 3 aromatic rings. The van der Waals surface area contributed by atoms with Crippen LogP contribution in [0.25, 0.3) is 11.3 Å². The molecule has 3 rings (SSSR count). The molecule has 2 N–H and O–H groups in total. The van der Waals surface area contributed by atoms with Crippen LogP contribution in [-0.4, -0.2) is 15.5 Å². The molecular weight excluding hydrogens is 344 g/mol. The fraction of sp³-hybridized carbons (Fsp3) is 0.238. The summed E-state index contributed by atoms with van der Waals surface area (Å²) in [4.78, 5) is 9.29. The molecule has 0 amide bonds. The molecule has 0 spiro atoms. The predicted octanol–water partition coefficient (Wildman–Crippen LogP) is 5.62. The Balaban J connectivity index is 1.89. The predicted molar refractivity (Wildman–Crippen MR) is 110 cm³/mol. The van der Waals surface area contributed by atoms with Gasteiger partial charge >= 0.3 is 0 Å². The first-order chi connectivity index (χ1) is 12.4. The summed E-state index contributed by atoms with van der Waals surface area (Å²) in [6.45, 7) is 6.90. The Kier molecular flexibility index (Phi) is 5.43. The number of benzene rings is 2.